The summed E-state index contributed by atoms with van der Waals surface area (Å²) >= 11 is 12.6. The van der Waals surface area contributed by atoms with E-state index in [0.717, 1.165) is 43.2 Å². The van der Waals surface area contributed by atoms with Gasteiger partial charge in [0.25, 0.3) is 5.91 Å². The summed E-state index contributed by atoms with van der Waals surface area (Å²) in [6.45, 7) is 0. The molecule has 0 bridgehead atoms. The number of halogens is 2. The zero-order valence-electron chi connectivity index (χ0n) is 20.9. The van der Waals surface area contributed by atoms with Crippen molar-refractivity contribution in [2.45, 2.75) is 50.6 Å². The summed E-state index contributed by atoms with van der Waals surface area (Å²) in [6.07, 6.45) is 5.55. The van der Waals surface area contributed by atoms with Crippen molar-refractivity contribution >= 4 is 35.1 Å². The summed E-state index contributed by atoms with van der Waals surface area (Å²) in [5, 5.41) is 11.2. The van der Waals surface area contributed by atoms with E-state index in [4.69, 9.17) is 27.6 Å². The van der Waals surface area contributed by atoms with Crippen LogP contribution in [0.15, 0.2) is 83.3 Å². The summed E-state index contributed by atoms with van der Waals surface area (Å²) < 4.78 is 6.31. The Morgan fingerprint density at radius 3 is 2.39 bits per heavy atom. The van der Waals surface area contributed by atoms with E-state index in [2.05, 4.69) is 0 Å². The van der Waals surface area contributed by atoms with E-state index in [-0.39, 0.29) is 16.5 Å². The highest BCUT2D eigenvalue weighted by Gasteiger charge is 2.40. The number of amides is 1. The Bertz CT molecular complexity index is 1380. The van der Waals surface area contributed by atoms with Gasteiger partial charge in [-0.1, -0.05) is 97.8 Å². The van der Waals surface area contributed by atoms with Gasteiger partial charge in [-0.3, -0.25) is 4.79 Å². The molecule has 38 heavy (non-hydrogen) atoms. The molecule has 2 aromatic rings. The number of carbonyl (C=O) groups is 2. The third-order valence-corrected chi connectivity index (χ3v) is 7.97. The molecule has 0 radical (unpaired) electrons. The van der Waals surface area contributed by atoms with Crippen LogP contribution in [-0.4, -0.2) is 27.9 Å². The molecule has 196 valence electrons. The topological polar surface area (TPSA) is 70.8 Å². The van der Waals surface area contributed by atoms with Crippen molar-refractivity contribution in [2.24, 2.45) is 5.92 Å². The molecule has 1 saturated carbocycles. The molecule has 1 unspecified atom stereocenters. The fraction of sp³-hybridized carbons (Fsp3) is 0.290. The van der Waals surface area contributed by atoms with Gasteiger partial charge >= 0.3 is 5.97 Å². The fourth-order valence-electron chi connectivity index (χ4n) is 5.54. The molecule has 2 aliphatic carbocycles. The number of benzene rings is 2. The number of fused-ring (bicyclic) bond motifs is 1. The van der Waals surface area contributed by atoms with Gasteiger partial charge < -0.3 is 14.4 Å². The van der Waals surface area contributed by atoms with E-state index in [1.807, 2.05) is 60.7 Å². The first kappa shape index (κ1) is 26.3. The third kappa shape index (κ3) is 5.59. The van der Waals surface area contributed by atoms with Crippen LogP contribution in [0.2, 0.25) is 10.0 Å². The van der Waals surface area contributed by atoms with E-state index >= 15 is 0 Å². The van der Waals surface area contributed by atoms with Crippen molar-refractivity contribution in [3.05, 3.63) is 106 Å². The first-order chi connectivity index (χ1) is 18.4. The highest BCUT2D eigenvalue weighted by Crippen LogP contribution is 2.39. The Balaban J connectivity index is 1.68. The first-order valence-corrected chi connectivity index (χ1v) is 13.7. The predicted octanol–water partition coefficient (Wildman–Crippen LogP) is 8.35. The lowest BCUT2D eigenvalue weighted by molar-refractivity contribution is -0.143. The van der Waals surface area contributed by atoms with Gasteiger partial charge in [0.05, 0.1) is 10.6 Å². The monoisotopic (exact) mass is 549 g/mol. The minimum absolute atomic E-state index is 0.171. The van der Waals surface area contributed by atoms with E-state index in [9.17, 15) is 14.7 Å². The average Bonchev–Trinajstić information content (AvgIpc) is 3.39. The van der Waals surface area contributed by atoms with Gasteiger partial charge in [0.2, 0.25) is 0 Å². The van der Waals surface area contributed by atoms with Crippen molar-refractivity contribution in [3.8, 4) is 11.3 Å². The second kappa shape index (κ2) is 11.6. The van der Waals surface area contributed by atoms with Crippen LogP contribution in [0.4, 0.5) is 0 Å². The Morgan fingerprint density at radius 1 is 0.921 bits per heavy atom. The second-order valence-corrected chi connectivity index (χ2v) is 10.8. The van der Waals surface area contributed by atoms with Crippen molar-refractivity contribution in [2.75, 3.05) is 0 Å². The van der Waals surface area contributed by atoms with Gasteiger partial charge in [-0.2, -0.15) is 0 Å². The Hall–Kier alpha value is -3.28. The Kier molecular flexibility index (Phi) is 8.06. The van der Waals surface area contributed by atoms with Crippen molar-refractivity contribution in [1.82, 2.24) is 4.90 Å². The van der Waals surface area contributed by atoms with Crippen LogP contribution < -0.4 is 0 Å². The normalized spacial score (nSPS) is 15.7. The minimum Gasteiger partial charge on any atom is -0.480 e. The van der Waals surface area contributed by atoms with Gasteiger partial charge in [-0.05, 0) is 54.3 Å². The number of hydrogen-bond donors (Lipinski definition) is 1. The molecular formula is C31H29Cl2NO4. The number of aliphatic carboxylic acids is 1. The molecule has 2 aromatic carbocycles. The van der Waals surface area contributed by atoms with E-state index in [0.29, 0.717) is 23.0 Å². The molecule has 1 amide bonds. The lowest BCUT2D eigenvalue weighted by Gasteiger charge is -2.38. The van der Waals surface area contributed by atoms with Gasteiger partial charge in [0.1, 0.15) is 23.6 Å². The summed E-state index contributed by atoms with van der Waals surface area (Å²) in [5.74, 6) is -0.180. The molecule has 1 N–H and O–H groups in total. The van der Waals surface area contributed by atoms with E-state index in [1.165, 1.54) is 11.0 Å². The van der Waals surface area contributed by atoms with Gasteiger partial charge in [-0.25, -0.2) is 4.79 Å². The third-order valence-electron chi connectivity index (χ3n) is 7.42. The maximum atomic E-state index is 14.4. The molecule has 3 aliphatic rings. The van der Waals surface area contributed by atoms with Gasteiger partial charge in [0.15, 0.2) is 0 Å². The zero-order chi connectivity index (χ0) is 26.6. The number of nitrogens with zero attached hydrogens (tertiary/aromatic N) is 1. The summed E-state index contributed by atoms with van der Waals surface area (Å²) in [7, 11) is 0. The van der Waals surface area contributed by atoms with Crippen LogP contribution >= 0.6 is 23.2 Å². The highest BCUT2D eigenvalue weighted by molar-refractivity contribution is 6.36. The summed E-state index contributed by atoms with van der Waals surface area (Å²) in [5.41, 5.74) is 1.87. The van der Waals surface area contributed by atoms with Crippen LogP contribution in [0.25, 0.3) is 11.3 Å². The molecule has 5 nitrogen and oxygen atoms in total. The highest BCUT2D eigenvalue weighted by atomic mass is 35.5. The largest absolute Gasteiger partial charge is 0.480 e. The first-order valence-electron chi connectivity index (χ1n) is 13.0. The van der Waals surface area contributed by atoms with Crippen molar-refractivity contribution < 1.29 is 19.1 Å². The number of carbonyl (C=O) groups excluding carboxylic acids is 1. The van der Waals surface area contributed by atoms with Crippen LogP contribution in [0.3, 0.4) is 0 Å². The van der Waals surface area contributed by atoms with Gasteiger partial charge in [-0.15, -0.1) is 0 Å². The molecule has 0 saturated heterocycles. The summed E-state index contributed by atoms with van der Waals surface area (Å²) in [4.78, 5) is 28.8. The lowest BCUT2D eigenvalue weighted by Crippen LogP contribution is -2.48. The summed E-state index contributed by atoms with van der Waals surface area (Å²) in [6, 6.07) is 21.6. The molecular weight excluding hydrogens is 521 g/mol. The standard InChI is InChI=1S/C31H29Cl2NO4/c32-23-15-16-24(25(33)19-23)30(35)34(26(31(36)37)18-20-8-3-1-4-9-20)29(22-10-5-2-6-11-22)28-17-14-21-12-7-13-27(21)38-28/h2,5-7,10-17,19-20,26,29H,1,3-4,8-9,18H2,(H,36,37)/t26-,29?/m0/s1. The second-order valence-electron chi connectivity index (χ2n) is 9.93. The fourth-order valence-corrected chi connectivity index (χ4v) is 6.03. The SMILES string of the molecule is O=C(O)[C@H](CC1CCCCC1)N(C(=O)c1ccc(Cl)cc1Cl)C(c1ccccc1)c1ccc2cccc-2o1. The van der Waals surface area contributed by atoms with Crippen LogP contribution in [0, 0.1) is 5.92 Å². The number of hydrogen-bond acceptors (Lipinski definition) is 3. The van der Waals surface area contributed by atoms with Crippen LogP contribution in [0.1, 0.15) is 66.2 Å². The van der Waals surface area contributed by atoms with Crippen LogP contribution in [0.5, 0.6) is 0 Å². The number of carboxylic acids is 1. The molecule has 0 spiro atoms. The molecule has 7 heteroatoms. The minimum atomic E-state index is -1.09. The maximum absolute atomic E-state index is 14.4. The van der Waals surface area contributed by atoms with Crippen LogP contribution in [-0.2, 0) is 4.79 Å². The molecule has 2 atom stereocenters. The number of rotatable bonds is 8. The van der Waals surface area contributed by atoms with Crippen molar-refractivity contribution in [1.29, 1.82) is 0 Å². The molecule has 1 fully saturated rings. The maximum Gasteiger partial charge on any atom is 0.326 e. The Morgan fingerprint density at radius 2 is 1.68 bits per heavy atom. The van der Waals surface area contributed by atoms with E-state index < -0.39 is 24.0 Å². The predicted molar refractivity (Wildman–Crippen MR) is 149 cm³/mol. The Labute approximate surface area is 232 Å². The smallest absolute Gasteiger partial charge is 0.326 e. The average molecular weight is 550 g/mol. The lowest BCUT2D eigenvalue weighted by atomic mass is 9.83. The van der Waals surface area contributed by atoms with Gasteiger partial charge in [0, 0.05) is 10.6 Å². The molecule has 1 heterocycles. The molecule has 5 rings (SSSR count). The number of carboxylic acid groups (broad SMARTS) is 1. The molecule has 0 aromatic heterocycles. The quantitative estimate of drug-likeness (QED) is 0.239. The van der Waals surface area contributed by atoms with Crippen molar-refractivity contribution in [3.63, 3.8) is 0 Å². The van der Waals surface area contributed by atoms with E-state index in [1.54, 1.807) is 12.1 Å². The zero-order valence-corrected chi connectivity index (χ0v) is 22.4. The molecule has 1 aliphatic heterocycles.